The van der Waals surface area contributed by atoms with Crippen LogP contribution in [-0.2, 0) is 11.3 Å². The van der Waals surface area contributed by atoms with Crippen LogP contribution in [0.4, 0.5) is 10.5 Å². The van der Waals surface area contributed by atoms with E-state index in [1.807, 2.05) is 12.1 Å². The van der Waals surface area contributed by atoms with Gasteiger partial charge < -0.3 is 15.0 Å². The van der Waals surface area contributed by atoms with Crippen molar-refractivity contribution in [2.24, 2.45) is 0 Å². The maximum absolute atomic E-state index is 12.5. The first-order chi connectivity index (χ1) is 14.9. The van der Waals surface area contributed by atoms with Gasteiger partial charge >= 0.3 is 6.09 Å². The third-order valence-electron chi connectivity index (χ3n) is 5.55. The number of rotatable bonds is 3. The summed E-state index contributed by atoms with van der Waals surface area (Å²) in [5.41, 5.74) is 1.72. The Hall–Kier alpha value is -2.53. The van der Waals surface area contributed by atoms with Crippen LogP contribution in [0.5, 0.6) is 0 Å². The Bertz CT molecular complexity index is 1040. The van der Waals surface area contributed by atoms with Crippen molar-refractivity contribution >= 4 is 52.3 Å². The molecule has 31 heavy (non-hydrogen) atoms. The molecule has 2 saturated heterocycles. The molecule has 0 aliphatic carbocycles. The molecule has 0 saturated carbocycles. The summed E-state index contributed by atoms with van der Waals surface area (Å²) in [6.45, 7) is 2.30. The van der Waals surface area contributed by atoms with Crippen molar-refractivity contribution in [3.63, 3.8) is 0 Å². The molecule has 0 aromatic heterocycles. The highest BCUT2D eigenvalue weighted by Crippen LogP contribution is 2.34. The van der Waals surface area contributed by atoms with E-state index < -0.39 is 5.60 Å². The molecule has 2 aromatic rings. The maximum Gasteiger partial charge on any atom is 0.410 e. The Labute approximate surface area is 196 Å². The Morgan fingerprint density at radius 1 is 1.19 bits per heavy atom. The Kier molecular flexibility index (Phi) is 6.24. The van der Waals surface area contributed by atoms with Crippen LogP contribution >= 0.6 is 35.4 Å². The number of ether oxygens (including phenoxy) is 1. The lowest BCUT2D eigenvalue weighted by molar-refractivity contribution is 0.0152. The molecule has 0 bridgehead atoms. The predicted octanol–water partition coefficient (Wildman–Crippen LogP) is 5.05. The second-order valence-corrected chi connectivity index (χ2v) is 9.05. The molecule has 2 aliphatic heterocycles. The number of benzene rings is 2. The fourth-order valence-electron chi connectivity index (χ4n) is 3.98. The number of nitriles is 1. The van der Waals surface area contributed by atoms with Crippen molar-refractivity contribution in [3.8, 4) is 6.07 Å². The molecule has 2 aromatic carbocycles. The molecular formula is C22H20Cl2N4O2S. The first kappa shape index (κ1) is 21.7. The molecule has 6 nitrogen and oxygen atoms in total. The molecular weight excluding hydrogens is 455 g/mol. The summed E-state index contributed by atoms with van der Waals surface area (Å²) in [4.78, 5) is 16.3. The molecule has 2 fully saturated rings. The number of piperidine rings is 1. The van der Waals surface area contributed by atoms with Crippen molar-refractivity contribution in [1.82, 2.24) is 9.80 Å². The number of anilines is 1. The van der Waals surface area contributed by atoms with E-state index in [1.165, 1.54) is 0 Å². The van der Waals surface area contributed by atoms with E-state index in [9.17, 15) is 4.79 Å². The van der Waals surface area contributed by atoms with Crippen LogP contribution in [0.15, 0.2) is 42.5 Å². The van der Waals surface area contributed by atoms with Gasteiger partial charge in [0.1, 0.15) is 5.60 Å². The van der Waals surface area contributed by atoms with Crippen LogP contribution in [0.25, 0.3) is 0 Å². The Morgan fingerprint density at radius 3 is 2.58 bits per heavy atom. The third kappa shape index (κ3) is 5.04. The summed E-state index contributed by atoms with van der Waals surface area (Å²) >= 11 is 17.7. The van der Waals surface area contributed by atoms with Gasteiger partial charge in [0.25, 0.3) is 0 Å². The molecule has 4 rings (SSSR count). The van der Waals surface area contributed by atoms with Gasteiger partial charge in [-0.2, -0.15) is 5.26 Å². The van der Waals surface area contributed by atoms with E-state index in [0.717, 1.165) is 11.3 Å². The SMILES string of the molecule is N#Cc1cccc(CN2CC3(CCN(C(=S)Nc4cc(Cl)cc(Cl)c4)CC3)OC2=O)c1. The molecule has 0 atom stereocenters. The minimum absolute atomic E-state index is 0.315. The molecule has 9 heteroatoms. The molecule has 0 radical (unpaired) electrons. The summed E-state index contributed by atoms with van der Waals surface area (Å²) in [6.07, 6.45) is 1.06. The summed E-state index contributed by atoms with van der Waals surface area (Å²) in [6, 6.07) is 14.6. The number of likely N-dealkylation sites (tertiary alicyclic amines) is 1. The van der Waals surface area contributed by atoms with Crippen molar-refractivity contribution in [2.45, 2.75) is 25.0 Å². The maximum atomic E-state index is 12.5. The van der Waals surface area contributed by atoms with Crippen molar-refractivity contribution in [3.05, 3.63) is 63.6 Å². The van der Waals surface area contributed by atoms with E-state index in [0.29, 0.717) is 59.7 Å². The van der Waals surface area contributed by atoms with Crippen molar-refractivity contribution in [2.75, 3.05) is 25.0 Å². The lowest BCUT2D eigenvalue weighted by Crippen LogP contribution is -2.49. The van der Waals surface area contributed by atoms with E-state index in [4.69, 9.17) is 45.4 Å². The molecule has 1 N–H and O–H groups in total. The Balaban J connectivity index is 1.35. The van der Waals surface area contributed by atoms with E-state index >= 15 is 0 Å². The van der Waals surface area contributed by atoms with E-state index in [-0.39, 0.29) is 6.09 Å². The number of thiocarbonyl (C=S) groups is 1. The fourth-order valence-corrected chi connectivity index (χ4v) is 4.81. The van der Waals surface area contributed by atoms with Crippen LogP contribution in [0.3, 0.4) is 0 Å². The number of amides is 1. The van der Waals surface area contributed by atoms with Crippen LogP contribution in [0.1, 0.15) is 24.0 Å². The van der Waals surface area contributed by atoms with Gasteiger partial charge in [0.2, 0.25) is 0 Å². The van der Waals surface area contributed by atoms with Gasteiger partial charge in [-0.05, 0) is 48.1 Å². The number of hydrogen-bond donors (Lipinski definition) is 1. The summed E-state index contributed by atoms with van der Waals surface area (Å²) in [5.74, 6) is 0. The predicted molar refractivity (Wildman–Crippen MR) is 124 cm³/mol. The van der Waals surface area contributed by atoms with Crippen LogP contribution in [0.2, 0.25) is 10.0 Å². The summed E-state index contributed by atoms with van der Waals surface area (Å²) in [7, 11) is 0. The van der Waals surface area contributed by atoms with Gasteiger partial charge in [-0.25, -0.2) is 4.79 Å². The smallest absolute Gasteiger partial charge is 0.410 e. The van der Waals surface area contributed by atoms with Crippen LogP contribution < -0.4 is 5.32 Å². The zero-order chi connectivity index (χ0) is 22.0. The topological polar surface area (TPSA) is 68.6 Å². The number of halogens is 2. The molecule has 160 valence electrons. The standard InChI is InChI=1S/C22H20Cl2N4O2S/c23-17-9-18(24)11-19(10-17)26-20(31)27-6-4-22(5-7-27)14-28(21(29)30-22)13-16-3-1-2-15(8-16)12-25/h1-3,8-11H,4-7,13-14H2,(H,26,31). The monoisotopic (exact) mass is 474 g/mol. The average Bonchev–Trinajstić information content (AvgIpc) is 3.02. The highest BCUT2D eigenvalue weighted by Gasteiger charge is 2.47. The molecule has 1 spiro atoms. The summed E-state index contributed by atoms with van der Waals surface area (Å²) in [5, 5.41) is 13.9. The largest absolute Gasteiger partial charge is 0.441 e. The third-order valence-corrected chi connectivity index (χ3v) is 6.34. The number of carbonyl (C=O) groups excluding carboxylic acids is 1. The zero-order valence-corrected chi connectivity index (χ0v) is 18.9. The first-order valence-electron chi connectivity index (χ1n) is 9.85. The quantitative estimate of drug-likeness (QED) is 0.627. The highest BCUT2D eigenvalue weighted by atomic mass is 35.5. The number of hydrogen-bond acceptors (Lipinski definition) is 4. The van der Waals surface area contributed by atoms with E-state index in [1.54, 1.807) is 35.2 Å². The lowest BCUT2D eigenvalue weighted by Gasteiger charge is -2.38. The van der Waals surface area contributed by atoms with Gasteiger partial charge in [-0.1, -0.05) is 35.3 Å². The average molecular weight is 475 g/mol. The van der Waals surface area contributed by atoms with E-state index in [2.05, 4.69) is 16.3 Å². The zero-order valence-electron chi connectivity index (χ0n) is 16.6. The number of nitrogens with zero attached hydrogens (tertiary/aromatic N) is 3. The van der Waals surface area contributed by atoms with Crippen LogP contribution in [-0.4, -0.2) is 46.2 Å². The van der Waals surface area contributed by atoms with Crippen molar-refractivity contribution < 1.29 is 9.53 Å². The second-order valence-electron chi connectivity index (χ2n) is 7.79. The van der Waals surface area contributed by atoms with Crippen molar-refractivity contribution in [1.29, 1.82) is 5.26 Å². The number of nitrogens with one attached hydrogen (secondary N) is 1. The normalized spacial score (nSPS) is 17.4. The molecule has 1 amide bonds. The number of carbonyl (C=O) groups is 1. The first-order valence-corrected chi connectivity index (χ1v) is 11.0. The molecule has 2 aliphatic rings. The minimum atomic E-state index is -0.505. The fraction of sp³-hybridized carbons (Fsp3) is 0.318. The summed E-state index contributed by atoms with van der Waals surface area (Å²) < 4.78 is 5.81. The second kappa shape index (κ2) is 8.91. The lowest BCUT2D eigenvalue weighted by atomic mass is 9.91. The van der Waals surface area contributed by atoms with Gasteiger partial charge in [0.15, 0.2) is 5.11 Å². The molecule has 2 heterocycles. The van der Waals surface area contributed by atoms with Gasteiger partial charge in [0.05, 0.1) is 18.2 Å². The minimum Gasteiger partial charge on any atom is -0.441 e. The van der Waals surface area contributed by atoms with Gasteiger partial charge in [0, 0.05) is 48.2 Å². The molecule has 0 unspecified atom stereocenters. The van der Waals surface area contributed by atoms with Gasteiger partial charge in [-0.15, -0.1) is 0 Å². The Morgan fingerprint density at radius 2 is 1.90 bits per heavy atom. The van der Waals surface area contributed by atoms with Gasteiger partial charge in [-0.3, -0.25) is 4.90 Å². The highest BCUT2D eigenvalue weighted by molar-refractivity contribution is 7.80. The van der Waals surface area contributed by atoms with Crippen LogP contribution in [0, 0.1) is 11.3 Å².